The largest absolute Gasteiger partial charge is 0.482 e. The Labute approximate surface area is 120 Å². The number of hydrogen-bond acceptors (Lipinski definition) is 3. The average molecular weight is 295 g/mol. The van der Waals surface area contributed by atoms with Crippen molar-refractivity contribution < 1.29 is 13.9 Å². The van der Waals surface area contributed by atoms with Crippen LogP contribution in [0.2, 0.25) is 5.02 Å². The van der Waals surface area contributed by atoms with Crippen LogP contribution in [0, 0.1) is 5.82 Å². The molecule has 2 aromatic rings. The molecule has 2 rings (SSSR count). The highest BCUT2D eigenvalue weighted by molar-refractivity contribution is 6.30. The number of benzene rings is 2. The van der Waals surface area contributed by atoms with Gasteiger partial charge in [0.15, 0.2) is 6.61 Å². The standard InChI is InChI=1S/C14H12ClFN2O2/c15-9-5-6-13(11(17)7-9)20-8-14(19)18-12-4-2-1-3-10(12)16/h1-7H,8,17H2,(H,18,19). The first-order chi connectivity index (χ1) is 9.56. The lowest BCUT2D eigenvalue weighted by Crippen LogP contribution is -2.21. The summed E-state index contributed by atoms with van der Waals surface area (Å²) in [5, 5.41) is 2.88. The first-order valence-corrected chi connectivity index (χ1v) is 6.16. The van der Waals surface area contributed by atoms with Crippen molar-refractivity contribution in [1.29, 1.82) is 0 Å². The van der Waals surface area contributed by atoms with E-state index in [1.165, 1.54) is 24.3 Å². The highest BCUT2D eigenvalue weighted by atomic mass is 35.5. The van der Waals surface area contributed by atoms with E-state index in [1.807, 2.05) is 0 Å². The number of anilines is 2. The van der Waals surface area contributed by atoms with Gasteiger partial charge in [-0.15, -0.1) is 0 Å². The third-order valence-corrected chi connectivity index (χ3v) is 2.71. The zero-order valence-electron chi connectivity index (χ0n) is 10.4. The number of rotatable bonds is 4. The molecule has 0 bridgehead atoms. The maximum atomic E-state index is 13.3. The van der Waals surface area contributed by atoms with E-state index in [1.54, 1.807) is 18.2 Å². The van der Waals surface area contributed by atoms with Crippen LogP contribution in [0.4, 0.5) is 15.8 Å². The molecule has 104 valence electrons. The van der Waals surface area contributed by atoms with Crippen LogP contribution in [0.3, 0.4) is 0 Å². The number of amides is 1. The van der Waals surface area contributed by atoms with Gasteiger partial charge in [0, 0.05) is 5.02 Å². The maximum absolute atomic E-state index is 13.3. The van der Waals surface area contributed by atoms with Crippen LogP contribution in [-0.2, 0) is 4.79 Å². The van der Waals surface area contributed by atoms with Crippen LogP contribution < -0.4 is 15.8 Å². The Morgan fingerprint density at radius 2 is 2.05 bits per heavy atom. The third kappa shape index (κ3) is 3.61. The van der Waals surface area contributed by atoms with Crippen molar-refractivity contribution in [3.05, 3.63) is 53.3 Å². The molecule has 0 aromatic heterocycles. The number of nitrogen functional groups attached to an aromatic ring is 1. The number of nitrogens with one attached hydrogen (secondary N) is 1. The normalized spacial score (nSPS) is 10.1. The van der Waals surface area contributed by atoms with Crippen molar-refractivity contribution in [2.75, 3.05) is 17.7 Å². The molecule has 20 heavy (non-hydrogen) atoms. The first kappa shape index (κ1) is 14.1. The summed E-state index contributed by atoms with van der Waals surface area (Å²) in [7, 11) is 0. The zero-order chi connectivity index (χ0) is 14.5. The van der Waals surface area contributed by atoms with E-state index in [4.69, 9.17) is 22.1 Å². The highest BCUT2D eigenvalue weighted by Crippen LogP contribution is 2.24. The van der Waals surface area contributed by atoms with Crippen LogP contribution in [0.15, 0.2) is 42.5 Å². The Balaban J connectivity index is 1.94. The SMILES string of the molecule is Nc1cc(Cl)ccc1OCC(=O)Nc1ccccc1F. The van der Waals surface area contributed by atoms with Gasteiger partial charge in [-0.2, -0.15) is 0 Å². The molecule has 0 heterocycles. The Morgan fingerprint density at radius 3 is 2.75 bits per heavy atom. The fraction of sp³-hybridized carbons (Fsp3) is 0.0714. The van der Waals surface area contributed by atoms with E-state index < -0.39 is 11.7 Å². The van der Waals surface area contributed by atoms with Gasteiger partial charge in [0.2, 0.25) is 0 Å². The van der Waals surface area contributed by atoms with Crippen molar-refractivity contribution >= 4 is 28.9 Å². The van der Waals surface area contributed by atoms with E-state index >= 15 is 0 Å². The molecule has 0 aliphatic heterocycles. The van der Waals surface area contributed by atoms with Crippen LogP contribution in [0.25, 0.3) is 0 Å². The van der Waals surface area contributed by atoms with E-state index in [0.29, 0.717) is 16.5 Å². The topological polar surface area (TPSA) is 64.3 Å². The average Bonchev–Trinajstić information content (AvgIpc) is 2.40. The molecular formula is C14H12ClFN2O2. The molecule has 3 N–H and O–H groups in total. The van der Waals surface area contributed by atoms with Gasteiger partial charge in [-0.25, -0.2) is 4.39 Å². The molecule has 2 aromatic carbocycles. The van der Waals surface area contributed by atoms with Gasteiger partial charge in [0.25, 0.3) is 5.91 Å². The first-order valence-electron chi connectivity index (χ1n) is 5.78. The highest BCUT2D eigenvalue weighted by Gasteiger charge is 2.08. The molecule has 1 amide bonds. The summed E-state index contributed by atoms with van der Waals surface area (Å²) in [5.74, 6) is -0.644. The second kappa shape index (κ2) is 6.25. The second-order valence-electron chi connectivity index (χ2n) is 4.00. The summed E-state index contributed by atoms with van der Waals surface area (Å²) in [5.41, 5.74) is 6.11. The molecule has 0 saturated carbocycles. The van der Waals surface area contributed by atoms with Gasteiger partial charge >= 0.3 is 0 Å². The van der Waals surface area contributed by atoms with Crippen molar-refractivity contribution in [3.63, 3.8) is 0 Å². The number of carbonyl (C=O) groups excluding carboxylic acids is 1. The summed E-state index contributed by atoms with van der Waals surface area (Å²) in [4.78, 5) is 11.6. The van der Waals surface area contributed by atoms with Crippen LogP contribution in [-0.4, -0.2) is 12.5 Å². The second-order valence-corrected chi connectivity index (χ2v) is 4.44. The fourth-order valence-electron chi connectivity index (χ4n) is 1.54. The smallest absolute Gasteiger partial charge is 0.262 e. The lowest BCUT2D eigenvalue weighted by Gasteiger charge is -2.10. The molecule has 6 heteroatoms. The Kier molecular flexibility index (Phi) is 4.42. The number of nitrogens with two attached hydrogens (primary N) is 1. The lowest BCUT2D eigenvalue weighted by molar-refractivity contribution is -0.118. The molecule has 4 nitrogen and oxygen atoms in total. The van der Waals surface area contributed by atoms with Crippen molar-refractivity contribution in [3.8, 4) is 5.75 Å². The number of hydrogen-bond donors (Lipinski definition) is 2. The minimum absolute atomic E-state index is 0.102. The summed E-state index contributed by atoms with van der Waals surface area (Å²) in [6.07, 6.45) is 0. The quantitative estimate of drug-likeness (QED) is 0.852. The third-order valence-electron chi connectivity index (χ3n) is 2.48. The molecule has 0 atom stereocenters. The summed E-state index contributed by atoms with van der Waals surface area (Å²) < 4.78 is 18.6. The Bertz CT molecular complexity index is 634. The van der Waals surface area contributed by atoms with Gasteiger partial charge in [0.05, 0.1) is 11.4 Å². The minimum Gasteiger partial charge on any atom is -0.482 e. The molecule has 0 unspecified atom stereocenters. The molecule has 0 saturated heterocycles. The van der Waals surface area contributed by atoms with Gasteiger partial charge in [-0.1, -0.05) is 23.7 Å². The number of halogens is 2. The predicted molar refractivity (Wildman–Crippen MR) is 76.4 cm³/mol. The number of carbonyl (C=O) groups is 1. The van der Waals surface area contributed by atoms with Gasteiger partial charge in [-0.05, 0) is 30.3 Å². The summed E-state index contributed by atoms with van der Waals surface area (Å²) in [6, 6.07) is 10.6. The van der Waals surface area contributed by atoms with E-state index in [2.05, 4.69) is 5.32 Å². The van der Waals surface area contributed by atoms with E-state index in [9.17, 15) is 9.18 Å². The monoisotopic (exact) mass is 294 g/mol. The molecule has 0 aliphatic rings. The maximum Gasteiger partial charge on any atom is 0.262 e. The van der Waals surface area contributed by atoms with Crippen LogP contribution in [0.5, 0.6) is 5.75 Å². The molecule has 0 radical (unpaired) electrons. The predicted octanol–water partition coefficient (Wildman–Crippen LogP) is 3.08. The molecule has 0 spiro atoms. The van der Waals surface area contributed by atoms with Crippen molar-refractivity contribution in [2.45, 2.75) is 0 Å². The molecular weight excluding hydrogens is 283 g/mol. The molecule has 0 aliphatic carbocycles. The van der Waals surface area contributed by atoms with Crippen molar-refractivity contribution in [1.82, 2.24) is 0 Å². The van der Waals surface area contributed by atoms with Gasteiger partial charge in [-0.3, -0.25) is 4.79 Å². The van der Waals surface area contributed by atoms with Gasteiger partial charge in [0.1, 0.15) is 11.6 Å². The fourth-order valence-corrected chi connectivity index (χ4v) is 1.72. The Hall–Kier alpha value is -2.27. The van der Waals surface area contributed by atoms with E-state index in [-0.39, 0.29) is 12.3 Å². The van der Waals surface area contributed by atoms with E-state index in [0.717, 1.165) is 0 Å². The van der Waals surface area contributed by atoms with Crippen LogP contribution in [0.1, 0.15) is 0 Å². The minimum atomic E-state index is -0.508. The van der Waals surface area contributed by atoms with Crippen molar-refractivity contribution in [2.24, 2.45) is 0 Å². The van der Waals surface area contributed by atoms with Gasteiger partial charge < -0.3 is 15.8 Å². The lowest BCUT2D eigenvalue weighted by atomic mass is 10.3. The number of ether oxygens (including phenoxy) is 1. The Morgan fingerprint density at radius 1 is 1.30 bits per heavy atom. The molecule has 0 fully saturated rings. The number of para-hydroxylation sites is 1. The zero-order valence-corrected chi connectivity index (χ0v) is 11.2. The summed E-state index contributed by atoms with van der Waals surface area (Å²) in [6.45, 7) is -0.278. The summed E-state index contributed by atoms with van der Waals surface area (Å²) >= 11 is 5.75. The van der Waals surface area contributed by atoms with Crippen LogP contribution >= 0.6 is 11.6 Å².